The van der Waals surface area contributed by atoms with Crippen molar-refractivity contribution in [3.05, 3.63) is 190 Å². The SMILES string of the molecule is COc1ccc(/C=C\C(=O)Oc2cc3c(cc2OC(=O)/C=C/c2ccc(OC)cc2)C(C)(C)CC32CC(C)(C)c3cc(OC(=O)/C=C/c4ccc(OC)cc4)c(OC(=O)/C=C/c4ccc(OC)cc4)cc32)cc1. The Hall–Kier alpha value is -8.64. The summed E-state index contributed by atoms with van der Waals surface area (Å²) >= 11 is 0. The zero-order chi connectivity index (χ0) is 51.9. The molecule has 0 amide bonds. The normalized spacial score (nSPS) is 16.1. The summed E-state index contributed by atoms with van der Waals surface area (Å²) in [5, 5.41) is 0. The molecule has 1 atom stereocenters. The molecule has 73 heavy (non-hydrogen) atoms. The monoisotopic (exact) mass is 980 g/mol. The first-order chi connectivity index (χ1) is 35.0. The third-order valence-electron chi connectivity index (χ3n) is 13.1. The Bertz CT molecular complexity index is 2940. The van der Waals surface area contributed by atoms with E-state index in [4.69, 9.17) is 37.9 Å². The molecule has 8 rings (SSSR count). The number of carbonyl (C=O) groups is 4. The molecule has 0 radical (unpaired) electrons. The second-order valence-corrected chi connectivity index (χ2v) is 19.0. The number of esters is 4. The Kier molecular flexibility index (Phi) is 14.9. The van der Waals surface area contributed by atoms with Gasteiger partial charge in [0.2, 0.25) is 0 Å². The van der Waals surface area contributed by atoms with Gasteiger partial charge in [-0.25, -0.2) is 19.2 Å². The molecule has 12 heteroatoms. The summed E-state index contributed by atoms with van der Waals surface area (Å²) in [4.78, 5) is 54.7. The first-order valence-electron chi connectivity index (χ1n) is 23.6. The molecule has 0 bridgehead atoms. The molecule has 2 aliphatic rings. The van der Waals surface area contributed by atoms with Crippen LogP contribution in [0.5, 0.6) is 46.0 Å². The van der Waals surface area contributed by atoms with Crippen LogP contribution in [0.2, 0.25) is 0 Å². The Morgan fingerprint density at radius 2 is 0.575 bits per heavy atom. The van der Waals surface area contributed by atoms with Gasteiger partial charge in [-0.15, -0.1) is 0 Å². The van der Waals surface area contributed by atoms with E-state index in [1.54, 1.807) is 150 Å². The number of ether oxygens (including phenoxy) is 8. The van der Waals surface area contributed by atoms with Gasteiger partial charge in [0.05, 0.1) is 28.4 Å². The molecule has 0 saturated heterocycles. The van der Waals surface area contributed by atoms with Crippen LogP contribution in [0.4, 0.5) is 0 Å². The van der Waals surface area contributed by atoms with Crippen molar-refractivity contribution in [1.82, 2.24) is 0 Å². The van der Waals surface area contributed by atoms with Gasteiger partial charge in [-0.05, 0) is 165 Å². The van der Waals surface area contributed by atoms with E-state index in [2.05, 4.69) is 27.7 Å². The fraction of sp³-hybridized carbons (Fsp3) is 0.213. The standard InChI is InChI=1S/C61H56O12/c1-59(2)37-61(49-35-53(72-57(64)31-19-41-13-25-45(68-7)26-14-41)51(33-47(49)59)70-55(62)29-17-39-9-21-43(66-5)22-10-39)38-60(3,4)48-34-52(71-56(63)30-18-40-11-23-44(67-6)24-12-40)54(36-50(48)61)73-58(65)32-20-42-15-27-46(69-8)28-16-42/h9-36H,37-38H2,1-8H3/b29-17+,30-18+,31-19-,32-20+. The number of rotatable bonds is 16. The molecular formula is C61H56O12. The third-order valence-corrected chi connectivity index (χ3v) is 13.1. The van der Waals surface area contributed by atoms with Gasteiger partial charge in [0, 0.05) is 29.7 Å². The van der Waals surface area contributed by atoms with Gasteiger partial charge in [-0.2, -0.15) is 0 Å². The lowest BCUT2D eigenvalue weighted by atomic mass is 9.72. The maximum absolute atomic E-state index is 13.7. The highest BCUT2D eigenvalue weighted by atomic mass is 16.6. The van der Waals surface area contributed by atoms with Gasteiger partial charge in [-0.3, -0.25) is 0 Å². The van der Waals surface area contributed by atoms with E-state index in [1.807, 2.05) is 24.3 Å². The maximum Gasteiger partial charge on any atom is 0.336 e. The van der Waals surface area contributed by atoms with Gasteiger partial charge in [0.25, 0.3) is 0 Å². The van der Waals surface area contributed by atoms with Gasteiger partial charge in [0.1, 0.15) is 23.0 Å². The van der Waals surface area contributed by atoms with Crippen LogP contribution < -0.4 is 37.9 Å². The van der Waals surface area contributed by atoms with Crippen molar-refractivity contribution in [3.63, 3.8) is 0 Å². The molecule has 0 heterocycles. The van der Waals surface area contributed by atoms with Crippen molar-refractivity contribution >= 4 is 48.2 Å². The average molecular weight is 981 g/mol. The topological polar surface area (TPSA) is 142 Å². The van der Waals surface area contributed by atoms with Crippen molar-refractivity contribution in [2.24, 2.45) is 0 Å². The van der Waals surface area contributed by atoms with E-state index in [1.165, 1.54) is 24.3 Å². The van der Waals surface area contributed by atoms with E-state index >= 15 is 0 Å². The molecule has 2 aliphatic carbocycles. The molecule has 6 aromatic rings. The van der Waals surface area contributed by atoms with Crippen molar-refractivity contribution in [2.75, 3.05) is 28.4 Å². The largest absolute Gasteiger partial charge is 0.497 e. The molecule has 1 unspecified atom stereocenters. The van der Waals surface area contributed by atoms with E-state index in [9.17, 15) is 19.2 Å². The Labute approximate surface area is 425 Å². The van der Waals surface area contributed by atoms with Crippen LogP contribution in [0.25, 0.3) is 24.3 Å². The van der Waals surface area contributed by atoms with E-state index in [0.717, 1.165) is 44.5 Å². The first kappa shape index (κ1) is 50.7. The minimum absolute atomic E-state index is 0.0298. The van der Waals surface area contributed by atoms with Crippen LogP contribution in [0.15, 0.2) is 146 Å². The van der Waals surface area contributed by atoms with Crippen LogP contribution in [-0.4, -0.2) is 52.3 Å². The fourth-order valence-corrected chi connectivity index (χ4v) is 9.73. The minimum Gasteiger partial charge on any atom is -0.497 e. The van der Waals surface area contributed by atoms with E-state index < -0.39 is 40.1 Å². The summed E-state index contributed by atoms with van der Waals surface area (Å²) in [6, 6.07) is 35.8. The predicted octanol–water partition coefficient (Wildman–Crippen LogP) is 11.8. The van der Waals surface area contributed by atoms with Crippen LogP contribution in [0.3, 0.4) is 0 Å². The van der Waals surface area contributed by atoms with Crippen molar-refractivity contribution in [1.29, 1.82) is 0 Å². The van der Waals surface area contributed by atoms with E-state index in [0.29, 0.717) is 35.8 Å². The Morgan fingerprint density at radius 3 is 0.795 bits per heavy atom. The molecule has 0 aliphatic heterocycles. The summed E-state index contributed by atoms with van der Waals surface area (Å²) in [7, 11) is 6.30. The molecule has 0 N–H and O–H groups in total. The second-order valence-electron chi connectivity index (χ2n) is 19.0. The summed E-state index contributed by atoms with van der Waals surface area (Å²) in [5.41, 5.74) is 4.55. The number of fused-ring (bicyclic) bond motifs is 4. The molecule has 6 aromatic carbocycles. The molecule has 0 fully saturated rings. The molecule has 1 spiro atoms. The van der Waals surface area contributed by atoms with Gasteiger partial charge in [0.15, 0.2) is 23.0 Å². The summed E-state index contributed by atoms with van der Waals surface area (Å²) in [5.74, 6) is 0.0707. The first-order valence-corrected chi connectivity index (χ1v) is 23.6. The third kappa shape index (κ3) is 11.6. The molecule has 0 aromatic heterocycles. The highest BCUT2D eigenvalue weighted by Crippen LogP contribution is 2.65. The smallest absolute Gasteiger partial charge is 0.336 e. The van der Waals surface area contributed by atoms with Crippen molar-refractivity contribution in [3.8, 4) is 46.0 Å². The summed E-state index contributed by atoms with van der Waals surface area (Å²) < 4.78 is 45.3. The summed E-state index contributed by atoms with van der Waals surface area (Å²) in [6.45, 7) is 8.45. The predicted molar refractivity (Wildman–Crippen MR) is 280 cm³/mol. The number of hydrogen-bond donors (Lipinski definition) is 0. The lowest BCUT2D eigenvalue weighted by molar-refractivity contribution is -0.131. The molecule has 372 valence electrons. The quantitative estimate of drug-likeness (QED) is 0.0517. The van der Waals surface area contributed by atoms with Crippen molar-refractivity contribution < 1.29 is 57.1 Å². The van der Waals surface area contributed by atoms with Gasteiger partial charge in [-0.1, -0.05) is 76.2 Å². The van der Waals surface area contributed by atoms with Crippen molar-refractivity contribution in [2.45, 2.75) is 56.8 Å². The highest BCUT2D eigenvalue weighted by Gasteiger charge is 2.57. The zero-order valence-corrected chi connectivity index (χ0v) is 42.0. The number of benzene rings is 6. The zero-order valence-electron chi connectivity index (χ0n) is 42.0. The summed E-state index contributed by atoms with van der Waals surface area (Å²) in [6.07, 6.45) is 12.8. The molecule has 0 saturated carbocycles. The lowest BCUT2D eigenvalue weighted by Gasteiger charge is -2.30. The van der Waals surface area contributed by atoms with E-state index in [-0.39, 0.29) is 23.0 Å². The van der Waals surface area contributed by atoms with Crippen LogP contribution in [0, 0.1) is 0 Å². The maximum atomic E-state index is 13.7. The van der Waals surface area contributed by atoms with Gasteiger partial charge < -0.3 is 37.9 Å². The number of methoxy groups -OCH3 is 4. The number of carbonyl (C=O) groups excluding carboxylic acids is 4. The molecule has 12 nitrogen and oxygen atoms in total. The Morgan fingerprint density at radius 1 is 0.356 bits per heavy atom. The highest BCUT2D eigenvalue weighted by molar-refractivity contribution is 5.93. The van der Waals surface area contributed by atoms with Crippen LogP contribution in [-0.2, 0) is 35.4 Å². The number of hydrogen-bond acceptors (Lipinski definition) is 12. The van der Waals surface area contributed by atoms with Gasteiger partial charge >= 0.3 is 23.9 Å². The lowest BCUT2D eigenvalue weighted by Crippen LogP contribution is -2.27. The van der Waals surface area contributed by atoms with Crippen LogP contribution in [0.1, 0.15) is 85.0 Å². The minimum atomic E-state index is -0.758. The second kappa shape index (κ2) is 21.4. The molecular weight excluding hydrogens is 925 g/mol. The van der Waals surface area contributed by atoms with Crippen LogP contribution >= 0.6 is 0 Å². The Balaban J connectivity index is 1.20. The fourth-order valence-electron chi connectivity index (χ4n) is 9.73. The average Bonchev–Trinajstić information content (AvgIpc) is 3.74.